The van der Waals surface area contributed by atoms with Crippen LogP contribution in [0.5, 0.6) is 0 Å². The van der Waals surface area contributed by atoms with Gasteiger partial charge < -0.3 is 15.0 Å². The topological polar surface area (TPSA) is 41.6 Å². The number of hydrogen-bond acceptors (Lipinski definition) is 3. The van der Waals surface area contributed by atoms with E-state index in [1.165, 1.54) is 51.6 Å². The number of alkyl carbamates (subject to hydrolysis) is 1. The summed E-state index contributed by atoms with van der Waals surface area (Å²) in [4.78, 5) is 14.3. The van der Waals surface area contributed by atoms with E-state index in [4.69, 9.17) is 4.74 Å². The van der Waals surface area contributed by atoms with Gasteiger partial charge in [-0.1, -0.05) is 26.2 Å². The molecule has 1 heterocycles. The van der Waals surface area contributed by atoms with Gasteiger partial charge in [0.05, 0.1) is 6.61 Å². The fourth-order valence-corrected chi connectivity index (χ4v) is 4.07. The minimum Gasteiger partial charge on any atom is -0.450 e. The number of nitrogens with one attached hydrogen (secondary N) is 1. The quantitative estimate of drug-likeness (QED) is 0.816. The van der Waals surface area contributed by atoms with Crippen LogP contribution in [-0.2, 0) is 4.74 Å². The van der Waals surface area contributed by atoms with Crippen LogP contribution < -0.4 is 5.32 Å². The van der Waals surface area contributed by atoms with E-state index in [0.29, 0.717) is 6.61 Å². The van der Waals surface area contributed by atoms with Crippen molar-refractivity contribution in [1.29, 1.82) is 0 Å². The third-order valence-electron chi connectivity index (χ3n) is 4.90. The Labute approximate surface area is 129 Å². The molecule has 1 aliphatic heterocycles. The van der Waals surface area contributed by atoms with E-state index in [2.05, 4.69) is 17.1 Å². The van der Waals surface area contributed by atoms with Crippen LogP contribution in [-0.4, -0.2) is 43.3 Å². The van der Waals surface area contributed by atoms with E-state index in [1.807, 2.05) is 6.92 Å². The molecule has 122 valence electrons. The Bertz CT molecular complexity index is 316. The van der Waals surface area contributed by atoms with Crippen LogP contribution in [0.3, 0.4) is 0 Å². The van der Waals surface area contributed by atoms with Gasteiger partial charge >= 0.3 is 6.09 Å². The molecule has 1 amide bonds. The second-order valence-electron chi connectivity index (χ2n) is 6.82. The molecule has 1 saturated carbocycles. The summed E-state index contributed by atoms with van der Waals surface area (Å²) in [5.74, 6) is 1.60. The van der Waals surface area contributed by atoms with Gasteiger partial charge in [-0.2, -0.15) is 0 Å². The third kappa shape index (κ3) is 5.50. The summed E-state index contributed by atoms with van der Waals surface area (Å²) in [5.41, 5.74) is 0. The molecule has 2 aliphatic rings. The number of ether oxygens (including phenoxy) is 1. The van der Waals surface area contributed by atoms with E-state index in [1.54, 1.807) is 0 Å². The monoisotopic (exact) mass is 296 g/mol. The molecular formula is C17H32N2O2. The highest BCUT2D eigenvalue weighted by molar-refractivity contribution is 5.67. The average Bonchev–Trinajstić information content (AvgIpc) is 2.92. The van der Waals surface area contributed by atoms with Crippen molar-refractivity contribution in [2.24, 2.45) is 11.8 Å². The molecule has 1 N–H and O–H groups in total. The summed E-state index contributed by atoms with van der Waals surface area (Å²) in [6, 6.07) is 0.260. The Hall–Kier alpha value is -0.770. The van der Waals surface area contributed by atoms with Crippen molar-refractivity contribution in [1.82, 2.24) is 10.2 Å². The predicted molar refractivity (Wildman–Crippen MR) is 85.4 cm³/mol. The van der Waals surface area contributed by atoms with Gasteiger partial charge in [0, 0.05) is 25.7 Å². The number of rotatable bonds is 6. The molecule has 21 heavy (non-hydrogen) atoms. The summed E-state index contributed by atoms with van der Waals surface area (Å²) < 4.78 is 5.04. The Morgan fingerprint density at radius 1 is 1.19 bits per heavy atom. The molecule has 0 aromatic carbocycles. The zero-order valence-corrected chi connectivity index (χ0v) is 13.8. The van der Waals surface area contributed by atoms with E-state index in [9.17, 15) is 4.79 Å². The molecule has 4 heteroatoms. The summed E-state index contributed by atoms with van der Waals surface area (Å²) in [5, 5.41) is 3.06. The lowest BCUT2D eigenvalue weighted by Gasteiger charge is -2.39. The number of amides is 1. The summed E-state index contributed by atoms with van der Waals surface area (Å²) in [6.45, 7) is 7.99. The molecule has 0 radical (unpaired) electrons. The number of likely N-dealkylation sites (tertiary alicyclic amines) is 1. The van der Waals surface area contributed by atoms with E-state index < -0.39 is 0 Å². The van der Waals surface area contributed by atoms with Crippen molar-refractivity contribution in [3.05, 3.63) is 0 Å². The molecule has 4 nitrogen and oxygen atoms in total. The van der Waals surface area contributed by atoms with Gasteiger partial charge in [0.1, 0.15) is 0 Å². The van der Waals surface area contributed by atoms with Crippen LogP contribution in [0.15, 0.2) is 0 Å². The maximum absolute atomic E-state index is 11.7. The normalized spacial score (nSPS) is 27.7. The van der Waals surface area contributed by atoms with E-state index in [-0.39, 0.29) is 12.1 Å². The summed E-state index contributed by atoms with van der Waals surface area (Å²) >= 11 is 0. The van der Waals surface area contributed by atoms with Crippen LogP contribution in [0.4, 0.5) is 4.79 Å². The van der Waals surface area contributed by atoms with Crippen molar-refractivity contribution in [2.75, 3.05) is 26.2 Å². The predicted octanol–water partition coefficient (Wildman–Crippen LogP) is 3.41. The lowest BCUT2D eigenvalue weighted by molar-refractivity contribution is 0.105. The van der Waals surface area contributed by atoms with Gasteiger partial charge in [0.25, 0.3) is 0 Å². The molecule has 1 aliphatic carbocycles. The van der Waals surface area contributed by atoms with Gasteiger partial charge in [-0.25, -0.2) is 4.79 Å². The molecule has 0 spiro atoms. The number of carbonyl (C=O) groups is 1. The molecule has 2 unspecified atom stereocenters. The number of nitrogens with zero attached hydrogens (tertiary/aromatic N) is 1. The van der Waals surface area contributed by atoms with Gasteiger partial charge in [-0.15, -0.1) is 0 Å². The highest BCUT2D eigenvalue weighted by Crippen LogP contribution is 2.28. The van der Waals surface area contributed by atoms with E-state index in [0.717, 1.165) is 24.8 Å². The second kappa shape index (κ2) is 8.62. The van der Waals surface area contributed by atoms with Crippen LogP contribution in [0, 0.1) is 11.8 Å². The fraction of sp³-hybridized carbons (Fsp3) is 0.941. The highest BCUT2D eigenvalue weighted by Gasteiger charge is 2.29. The van der Waals surface area contributed by atoms with E-state index >= 15 is 0 Å². The number of hydrogen-bond donors (Lipinski definition) is 1. The molecule has 0 aromatic rings. The smallest absolute Gasteiger partial charge is 0.407 e. The SMILES string of the molecule is CCCC1CC(NC(=O)OCC)CN(CC2CCCC2)C1. The van der Waals surface area contributed by atoms with Crippen LogP contribution in [0.25, 0.3) is 0 Å². The van der Waals surface area contributed by atoms with Crippen molar-refractivity contribution in [2.45, 2.75) is 64.8 Å². The van der Waals surface area contributed by atoms with Gasteiger partial charge in [0.15, 0.2) is 0 Å². The fourth-order valence-electron chi connectivity index (χ4n) is 4.07. The Kier molecular flexibility index (Phi) is 6.81. The van der Waals surface area contributed by atoms with Gasteiger partial charge in [-0.3, -0.25) is 0 Å². The lowest BCUT2D eigenvalue weighted by Crippen LogP contribution is -2.51. The number of carbonyl (C=O) groups excluding carboxylic acids is 1. The summed E-state index contributed by atoms with van der Waals surface area (Å²) in [6.07, 6.45) is 8.95. The molecule has 1 saturated heterocycles. The molecule has 2 fully saturated rings. The third-order valence-corrected chi connectivity index (χ3v) is 4.90. The maximum Gasteiger partial charge on any atom is 0.407 e. The molecule has 0 aromatic heterocycles. The van der Waals surface area contributed by atoms with Gasteiger partial charge in [0.2, 0.25) is 0 Å². The zero-order chi connectivity index (χ0) is 15.1. The lowest BCUT2D eigenvalue weighted by atomic mass is 9.90. The first-order valence-corrected chi connectivity index (χ1v) is 8.86. The minimum absolute atomic E-state index is 0.250. The first kappa shape index (κ1) is 16.6. The first-order valence-electron chi connectivity index (χ1n) is 8.86. The van der Waals surface area contributed by atoms with Crippen LogP contribution >= 0.6 is 0 Å². The van der Waals surface area contributed by atoms with Crippen LogP contribution in [0.2, 0.25) is 0 Å². The Morgan fingerprint density at radius 2 is 1.95 bits per heavy atom. The van der Waals surface area contributed by atoms with Crippen molar-refractivity contribution >= 4 is 6.09 Å². The molecule has 0 bridgehead atoms. The maximum atomic E-state index is 11.7. The standard InChI is InChI=1S/C17H32N2O2/c1-3-7-15-10-16(18-17(20)21-4-2)13-19(12-15)11-14-8-5-6-9-14/h14-16H,3-13H2,1-2H3,(H,18,20). The Balaban J connectivity index is 1.85. The van der Waals surface area contributed by atoms with Crippen molar-refractivity contribution in [3.63, 3.8) is 0 Å². The number of piperidine rings is 1. The molecule has 2 rings (SSSR count). The molecule has 2 atom stereocenters. The zero-order valence-electron chi connectivity index (χ0n) is 13.8. The highest BCUT2D eigenvalue weighted by atomic mass is 16.5. The van der Waals surface area contributed by atoms with Crippen LogP contribution in [0.1, 0.15) is 58.8 Å². The average molecular weight is 296 g/mol. The molecular weight excluding hydrogens is 264 g/mol. The van der Waals surface area contributed by atoms with Crippen molar-refractivity contribution in [3.8, 4) is 0 Å². The van der Waals surface area contributed by atoms with Gasteiger partial charge in [-0.05, 0) is 44.4 Å². The second-order valence-corrected chi connectivity index (χ2v) is 6.82. The summed E-state index contributed by atoms with van der Waals surface area (Å²) in [7, 11) is 0. The van der Waals surface area contributed by atoms with Crippen molar-refractivity contribution < 1.29 is 9.53 Å². The first-order chi connectivity index (χ1) is 10.2. The largest absolute Gasteiger partial charge is 0.450 e. The Morgan fingerprint density at radius 3 is 2.62 bits per heavy atom. The minimum atomic E-state index is -0.250.